The van der Waals surface area contributed by atoms with E-state index in [1.807, 2.05) is 7.05 Å². The Morgan fingerprint density at radius 1 is 1.36 bits per heavy atom. The van der Waals surface area contributed by atoms with Gasteiger partial charge in [-0.1, -0.05) is 0 Å². The van der Waals surface area contributed by atoms with Crippen molar-refractivity contribution in [3.05, 3.63) is 0 Å². The maximum absolute atomic E-state index is 10.5. The van der Waals surface area contributed by atoms with Crippen LogP contribution in [0.15, 0.2) is 0 Å². The Hall–Kier alpha value is -0.181. The number of hydrogen-bond acceptors (Lipinski definition) is 4. The van der Waals surface area contributed by atoms with Crippen molar-refractivity contribution in [2.45, 2.75) is 12.8 Å². The fraction of sp³-hybridized carbons (Fsp3) is 0.800. The van der Waals surface area contributed by atoms with Gasteiger partial charge in [0.1, 0.15) is 0 Å². The third-order valence-corrected chi connectivity index (χ3v) is 1.31. The van der Waals surface area contributed by atoms with Gasteiger partial charge in [0.05, 0.1) is 0 Å². The largest absolute Gasteiger partial charge is 0.394 e. The maximum Gasteiger partial charge on any atom is 0.394 e. The van der Waals surface area contributed by atoms with Crippen molar-refractivity contribution in [1.29, 1.82) is 0 Å². The van der Waals surface area contributed by atoms with Crippen LogP contribution in [0.1, 0.15) is 12.8 Å². The van der Waals surface area contributed by atoms with Crippen LogP contribution in [0, 0.1) is 0 Å². The van der Waals surface area contributed by atoms with Gasteiger partial charge in [0, 0.05) is 37.1 Å². The molecule has 1 aliphatic rings. The molecule has 0 aliphatic carbocycles. The monoisotopic (exact) mass is 270 g/mol. The molecule has 1 saturated heterocycles. The number of hydrogen-bond donors (Lipinski definition) is 3. The first-order chi connectivity index (χ1) is 5.30. The van der Waals surface area contributed by atoms with Gasteiger partial charge in [-0.05, 0) is 6.42 Å². The van der Waals surface area contributed by atoms with Gasteiger partial charge in [-0.15, -0.1) is 0 Å². The Morgan fingerprint density at radius 3 is 1.79 bits per heavy atom. The van der Waals surface area contributed by atoms with E-state index in [-0.39, 0.29) is 23.2 Å². The second-order valence-electron chi connectivity index (χ2n) is 2.37. The molecule has 0 aromatic rings. The normalized spacial score (nSPS) is 14.8. The van der Waals surface area contributed by atoms with Crippen molar-refractivity contribution in [1.82, 2.24) is 11.1 Å². The molecule has 0 atom stereocenters. The van der Waals surface area contributed by atoms with E-state index in [1.54, 1.807) is 4.90 Å². The summed E-state index contributed by atoms with van der Waals surface area (Å²) < 4.78 is 31.6. The molecule has 1 amide bonds. The average molecular weight is 270 g/mol. The summed E-state index contributed by atoms with van der Waals surface area (Å²) in [5.41, 5.74) is 0. The molecule has 1 heterocycles. The van der Waals surface area contributed by atoms with Gasteiger partial charge < -0.3 is 11.1 Å². The predicted molar refractivity (Wildman–Crippen MR) is 46.1 cm³/mol. The number of likely N-dealkylation sites (tertiary alicyclic amines) is 1. The van der Waals surface area contributed by atoms with E-state index in [0.29, 0.717) is 5.91 Å². The number of carbonyl (C=O) groups excluding carboxylic acids is 1. The van der Waals surface area contributed by atoms with E-state index < -0.39 is 10.4 Å². The molecule has 5 N–H and O–H groups in total. The van der Waals surface area contributed by atoms with Crippen LogP contribution < -0.4 is 6.15 Å². The molecule has 88 valence electrons. The smallest absolute Gasteiger partial charge is 0.346 e. The van der Waals surface area contributed by atoms with E-state index in [1.165, 1.54) is 0 Å². The number of carbonyl (C=O) groups is 1. The van der Waals surface area contributed by atoms with E-state index in [2.05, 4.69) is 0 Å². The molecule has 14 heavy (non-hydrogen) atoms. The van der Waals surface area contributed by atoms with Crippen molar-refractivity contribution in [2.24, 2.45) is 0 Å². The summed E-state index contributed by atoms with van der Waals surface area (Å²) in [6.07, 6.45) is 1.81. The minimum atomic E-state index is -4.67. The zero-order valence-electron chi connectivity index (χ0n) is 7.66. The maximum atomic E-state index is 10.5. The van der Waals surface area contributed by atoms with Gasteiger partial charge in [0.2, 0.25) is 5.91 Å². The van der Waals surface area contributed by atoms with Gasteiger partial charge in [-0.25, -0.2) is 0 Å². The van der Waals surface area contributed by atoms with Crippen molar-refractivity contribution in [3.8, 4) is 0 Å². The minimum Gasteiger partial charge on any atom is -0.346 e. The van der Waals surface area contributed by atoms with E-state index >= 15 is 0 Å². The zero-order chi connectivity index (χ0) is 9.78. The fourth-order valence-electron chi connectivity index (χ4n) is 0.783. The molecule has 0 aromatic carbocycles. The summed E-state index contributed by atoms with van der Waals surface area (Å²) in [5, 5.41) is 0. The summed E-state index contributed by atoms with van der Waals surface area (Å²) >= 11 is 0. The van der Waals surface area contributed by atoms with Gasteiger partial charge >= 0.3 is 10.4 Å². The molecule has 0 bridgehead atoms. The molecule has 1 rings (SSSR count). The fourth-order valence-corrected chi connectivity index (χ4v) is 0.783. The third kappa shape index (κ3) is 14.3. The molecule has 7 nitrogen and oxygen atoms in total. The molecule has 0 radical (unpaired) electrons. The van der Waals surface area contributed by atoms with Gasteiger partial charge in [-0.2, -0.15) is 8.42 Å². The Labute approximate surface area is 93.5 Å². The summed E-state index contributed by atoms with van der Waals surface area (Å²) in [5.74, 6) is 0.292. The molecule has 0 unspecified atom stereocenters. The molecule has 0 aromatic heterocycles. The number of nitrogens with zero attached hydrogens (tertiary/aromatic N) is 1. The number of amides is 1. The molecule has 0 spiro atoms. The molecule has 1 aliphatic heterocycles. The van der Waals surface area contributed by atoms with Crippen LogP contribution in [-0.4, -0.2) is 41.9 Å². The first kappa shape index (κ1) is 19.4. The second-order valence-corrected chi connectivity index (χ2v) is 3.26. The summed E-state index contributed by atoms with van der Waals surface area (Å²) in [6.45, 7) is 0.957. The minimum absolute atomic E-state index is 0. The van der Waals surface area contributed by atoms with Crippen LogP contribution in [0.5, 0.6) is 0 Å². The van der Waals surface area contributed by atoms with Crippen molar-refractivity contribution in [2.75, 3.05) is 13.6 Å². The Balaban J connectivity index is -0.000000159. The van der Waals surface area contributed by atoms with E-state index in [4.69, 9.17) is 17.5 Å². The van der Waals surface area contributed by atoms with E-state index in [9.17, 15) is 4.79 Å². The van der Waals surface area contributed by atoms with Crippen LogP contribution in [0.3, 0.4) is 0 Å². The first-order valence-electron chi connectivity index (χ1n) is 3.24. The molecular formula is C5H14FeN2O5S. The molecule has 1 fully saturated rings. The Bertz CT molecular complexity index is 247. The standard InChI is InChI=1S/C5H9NO.Fe.H3N.H2O4S/c1-6-4-2-3-5(6)7;;;1-5(2,3)4/h2-4H2,1H3;;1H3;(H2,1,2,3,4). The summed E-state index contributed by atoms with van der Waals surface area (Å²) in [6, 6.07) is 0. The summed E-state index contributed by atoms with van der Waals surface area (Å²) in [4.78, 5) is 12.3. The summed E-state index contributed by atoms with van der Waals surface area (Å²) in [7, 11) is -2.82. The van der Waals surface area contributed by atoms with Crippen LogP contribution in [-0.2, 0) is 32.3 Å². The molecule has 9 heteroatoms. The topological polar surface area (TPSA) is 130 Å². The molecule has 0 saturated carbocycles. The van der Waals surface area contributed by atoms with Crippen molar-refractivity contribution >= 4 is 16.3 Å². The average Bonchev–Trinajstić information content (AvgIpc) is 2.12. The van der Waals surface area contributed by atoms with Gasteiger partial charge in [-0.3, -0.25) is 13.9 Å². The van der Waals surface area contributed by atoms with Crippen molar-refractivity contribution < 1.29 is 39.4 Å². The molecular weight excluding hydrogens is 256 g/mol. The van der Waals surface area contributed by atoms with E-state index in [0.717, 1.165) is 19.4 Å². The van der Waals surface area contributed by atoms with Crippen molar-refractivity contribution in [3.63, 3.8) is 0 Å². The quantitative estimate of drug-likeness (QED) is 0.411. The second kappa shape index (κ2) is 8.15. The van der Waals surface area contributed by atoms with Crippen LogP contribution in [0.25, 0.3) is 0 Å². The first-order valence-corrected chi connectivity index (χ1v) is 4.64. The number of rotatable bonds is 0. The van der Waals surface area contributed by atoms with Crippen LogP contribution in [0.4, 0.5) is 0 Å². The SMILES string of the molecule is CN1CCCC1=O.N.O=S(=O)(O)O.[Fe]. The van der Waals surface area contributed by atoms with Gasteiger partial charge in [0.25, 0.3) is 0 Å². The Morgan fingerprint density at radius 2 is 1.71 bits per heavy atom. The van der Waals surface area contributed by atoms with Crippen LogP contribution in [0.2, 0.25) is 0 Å². The Kier molecular flexibility index (Phi) is 11.3. The van der Waals surface area contributed by atoms with Crippen LogP contribution >= 0.6 is 0 Å². The third-order valence-electron chi connectivity index (χ3n) is 1.31. The predicted octanol–water partition coefficient (Wildman–Crippen LogP) is -0.255. The van der Waals surface area contributed by atoms with Gasteiger partial charge in [0.15, 0.2) is 0 Å². The zero-order valence-corrected chi connectivity index (χ0v) is 9.58.